The minimum Gasteiger partial charge on any atom is -0.496 e. The third kappa shape index (κ3) is 3.18. The Morgan fingerprint density at radius 3 is 2.52 bits per heavy atom. The molecule has 0 aromatic heterocycles. The molecule has 1 N–H and O–H groups in total. The smallest absolute Gasteiger partial charge is 0.262 e. The monoisotopic (exact) mass is 359 g/mol. The molecule has 0 saturated carbocycles. The van der Waals surface area contributed by atoms with Crippen LogP contribution in [-0.4, -0.2) is 13.0 Å². The van der Waals surface area contributed by atoms with Gasteiger partial charge in [0.25, 0.3) is 5.91 Å². The van der Waals surface area contributed by atoms with Crippen molar-refractivity contribution in [3.8, 4) is 5.75 Å². The van der Waals surface area contributed by atoms with Crippen molar-refractivity contribution in [1.82, 2.24) is 0 Å². The van der Waals surface area contributed by atoms with Crippen LogP contribution < -0.4 is 10.1 Å². The molecule has 7 heteroatoms. The molecule has 0 fully saturated rings. The van der Waals surface area contributed by atoms with Crippen LogP contribution in [0.2, 0.25) is 0 Å². The fraction of sp³-hybridized carbons (Fsp3) is 0.0714. The lowest BCUT2D eigenvalue weighted by Gasteiger charge is -2.11. The number of carbonyl (C=O) groups excluding carboxylic acids is 1. The summed E-state index contributed by atoms with van der Waals surface area (Å²) in [5.41, 5.74) is -0.784. The average molecular weight is 360 g/mol. The molecular weight excluding hydrogens is 351 g/mol. The number of nitrogens with one attached hydrogen (secondary N) is 1. The van der Waals surface area contributed by atoms with Crippen molar-refractivity contribution in [2.45, 2.75) is 0 Å². The van der Waals surface area contributed by atoms with Gasteiger partial charge in [-0.2, -0.15) is 0 Å². The Hall–Kier alpha value is -2.02. The van der Waals surface area contributed by atoms with Crippen molar-refractivity contribution < 1.29 is 22.7 Å². The predicted molar refractivity (Wildman–Crippen MR) is 75.0 cm³/mol. The lowest BCUT2D eigenvalue weighted by atomic mass is 10.1. The summed E-state index contributed by atoms with van der Waals surface area (Å²) in [7, 11) is 1.27. The molecule has 0 aliphatic heterocycles. The first-order chi connectivity index (χ1) is 9.93. The van der Waals surface area contributed by atoms with Crippen LogP contribution in [0, 0.1) is 17.5 Å². The maximum atomic E-state index is 13.7. The number of carbonyl (C=O) groups is 1. The minimum absolute atomic E-state index is 0.00880. The van der Waals surface area contributed by atoms with Crippen molar-refractivity contribution in [2.24, 2.45) is 0 Å². The highest BCUT2D eigenvalue weighted by molar-refractivity contribution is 9.10. The second kappa shape index (κ2) is 6.17. The van der Waals surface area contributed by atoms with Crippen LogP contribution in [-0.2, 0) is 0 Å². The second-order valence-corrected chi connectivity index (χ2v) is 4.87. The number of methoxy groups -OCH3 is 1. The van der Waals surface area contributed by atoms with Gasteiger partial charge in [-0.25, -0.2) is 13.2 Å². The fourth-order valence-electron chi connectivity index (χ4n) is 1.70. The molecule has 0 atom stereocenters. The van der Waals surface area contributed by atoms with E-state index in [0.29, 0.717) is 0 Å². The number of hydrogen-bond donors (Lipinski definition) is 1. The maximum Gasteiger partial charge on any atom is 0.262 e. The van der Waals surface area contributed by atoms with Gasteiger partial charge in [0.05, 0.1) is 17.3 Å². The maximum absolute atomic E-state index is 13.7. The number of hydrogen-bond acceptors (Lipinski definition) is 2. The number of halogens is 4. The van der Waals surface area contributed by atoms with E-state index in [2.05, 4.69) is 21.2 Å². The van der Waals surface area contributed by atoms with Crippen molar-refractivity contribution in [3.05, 3.63) is 57.8 Å². The average Bonchev–Trinajstić information content (AvgIpc) is 2.44. The topological polar surface area (TPSA) is 38.3 Å². The van der Waals surface area contributed by atoms with E-state index < -0.39 is 29.0 Å². The van der Waals surface area contributed by atoms with Gasteiger partial charge in [-0.15, -0.1) is 0 Å². The molecular formula is C14H9BrF3NO2. The molecule has 0 heterocycles. The first-order valence-corrected chi connectivity index (χ1v) is 6.51. The first-order valence-electron chi connectivity index (χ1n) is 5.72. The van der Waals surface area contributed by atoms with Crippen molar-refractivity contribution in [2.75, 3.05) is 12.4 Å². The van der Waals surface area contributed by atoms with E-state index in [1.54, 1.807) is 0 Å². The molecule has 2 rings (SSSR count). The fourth-order valence-corrected chi connectivity index (χ4v) is 2.01. The Morgan fingerprint density at radius 1 is 1.14 bits per heavy atom. The number of ether oxygens (including phenoxy) is 1. The summed E-state index contributed by atoms with van der Waals surface area (Å²) in [5.74, 6) is -3.39. The second-order valence-electron chi connectivity index (χ2n) is 4.02. The van der Waals surface area contributed by atoms with Gasteiger partial charge in [-0.05, 0) is 34.1 Å². The van der Waals surface area contributed by atoms with Gasteiger partial charge in [0.15, 0.2) is 0 Å². The molecule has 0 bridgehead atoms. The molecule has 3 nitrogen and oxygen atoms in total. The Kier molecular flexibility index (Phi) is 4.52. The Bertz CT molecular complexity index is 707. The van der Waals surface area contributed by atoms with Crippen LogP contribution in [0.15, 0.2) is 34.8 Å². The molecule has 0 aliphatic carbocycles. The highest BCUT2D eigenvalue weighted by atomic mass is 79.9. The molecule has 0 aliphatic rings. The molecule has 1 amide bonds. The normalized spacial score (nSPS) is 10.3. The van der Waals surface area contributed by atoms with Crippen molar-refractivity contribution >= 4 is 27.5 Å². The van der Waals surface area contributed by atoms with Crippen molar-refractivity contribution in [1.29, 1.82) is 0 Å². The van der Waals surface area contributed by atoms with Crippen LogP contribution in [0.1, 0.15) is 10.4 Å². The van der Waals surface area contributed by atoms with E-state index in [1.807, 2.05) is 0 Å². The summed E-state index contributed by atoms with van der Waals surface area (Å²) in [6, 6.07) is 5.48. The highest BCUT2D eigenvalue weighted by Gasteiger charge is 2.19. The molecule has 110 valence electrons. The highest BCUT2D eigenvalue weighted by Crippen LogP contribution is 2.26. The summed E-state index contributed by atoms with van der Waals surface area (Å²) in [6.07, 6.45) is 0. The third-order valence-electron chi connectivity index (χ3n) is 2.68. The van der Waals surface area contributed by atoms with Gasteiger partial charge in [-0.1, -0.05) is 6.07 Å². The zero-order valence-electron chi connectivity index (χ0n) is 10.7. The van der Waals surface area contributed by atoms with E-state index in [9.17, 15) is 18.0 Å². The van der Waals surface area contributed by atoms with E-state index in [0.717, 1.165) is 18.2 Å². The lowest BCUT2D eigenvalue weighted by molar-refractivity contribution is 0.101. The predicted octanol–water partition coefficient (Wildman–Crippen LogP) is 4.13. The van der Waals surface area contributed by atoms with E-state index in [4.69, 9.17) is 4.74 Å². The van der Waals surface area contributed by atoms with Gasteiger partial charge >= 0.3 is 0 Å². The zero-order valence-corrected chi connectivity index (χ0v) is 12.3. The van der Waals surface area contributed by atoms with Crippen LogP contribution in [0.5, 0.6) is 5.75 Å². The van der Waals surface area contributed by atoms with Crippen LogP contribution >= 0.6 is 15.9 Å². The van der Waals surface area contributed by atoms with E-state index in [-0.39, 0.29) is 15.8 Å². The molecule has 0 spiro atoms. The van der Waals surface area contributed by atoms with Crippen LogP contribution in [0.25, 0.3) is 0 Å². The number of rotatable bonds is 3. The van der Waals surface area contributed by atoms with Crippen LogP contribution in [0.4, 0.5) is 18.9 Å². The van der Waals surface area contributed by atoms with Crippen molar-refractivity contribution in [3.63, 3.8) is 0 Å². The summed E-state index contributed by atoms with van der Waals surface area (Å²) < 4.78 is 45.5. The Balaban J connectivity index is 2.37. The van der Waals surface area contributed by atoms with Gasteiger partial charge in [0.1, 0.15) is 28.8 Å². The first kappa shape index (κ1) is 15.4. The number of anilines is 1. The number of benzene rings is 2. The molecule has 2 aromatic carbocycles. The standard InChI is InChI=1S/C14H9BrF3NO2/c1-21-12-4-2-3-8(16)13(12)14(20)19-11-6-9(17)7(15)5-10(11)18/h2-6H,1H3,(H,19,20). The summed E-state index contributed by atoms with van der Waals surface area (Å²) in [5, 5.41) is 2.12. The molecule has 0 radical (unpaired) electrons. The Morgan fingerprint density at radius 2 is 1.86 bits per heavy atom. The number of amides is 1. The van der Waals surface area contributed by atoms with Gasteiger partial charge in [0, 0.05) is 6.07 Å². The van der Waals surface area contributed by atoms with E-state index >= 15 is 0 Å². The summed E-state index contributed by atoms with van der Waals surface area (Å²) in [6.45, 7) is 0. The van der Waals surface area contributed by atoms with Gasteiger partial charge in [0.2, 0.25) is 0 Å². The Labute approximate surface area is 126 Å². The molecule has 0 saturated heterocycles. The van der Waals surface area contributed by atoms with Gasteiger partial charge in [-0.3, -0.25) is 4.79 Å². The quantitative estimate of drug-likeness (QED) is 0.836. The largest absolute Gasteiger partial charge is 0.496 e. The molecule has 21 heavy (non-hydrogen) atoms. The third-order valence-corrected chi connectivity index (χ3v) is 3.29. The van der Waals surface area contributed by atoms with E-state index in [1.165, 1.54) is 19.2 Å². The SMILES string of the molecule is COc1cccc(F)c1C(=O)Nc1cc(F)c(Br)cc1F. The summed E-state index contributed by atoms with van der Waals surface area (Å²) >= 11 is 2.82. The summed E-state index contributed by atoms with van der Waals surface area (Å²) in [4.78, 5) is 12.0. The molecule has 2 aromatic rings. The molecule has 0 unspecified atom stereocenters. The van der Waals surface area contributed by atoms with Gasteiger partial charge < -0.3 is 10.1 Å². The zero-order chi connectivity index (χ0) is 15.6. The minimum atomic E-state index is -0.939. The lowest BCUT2D eigenvalue weighted by Crippen LogP contribution is -2.16. The van der Waals surface area contributed by atoms with Crippen LogP contribution in [0.3, 0.4) is 0 Å².